The largest absolute Gasteiger partial charge is 0.354 e. The Kier molecular flexibility index (Phi) is 11.9. The second-order valence-electron chi connectivity index (χ2n) is 10.2. The molecule has 41 heavy (non-hydrogen) atoms. The zero-order valence-corrected chi connectivity index (χ0v) is 24.9. The number of nitrogens with one attached hydrogen (secondary N) is 1. The molecule has 0 aliphatic rings. The summed E-state index contributed by atoms with van der Waals surface area (Å²) in [6, 6.07) is 21.8. The van der Waals surface area contributed by atoms with E-state index in [0.717, 1.165) is 35.8 Å². The molecule has 9 heteroatoms. The Bertz CT molecular complexity index is 1380. The van der Waals surface area contributed by atoms with Crippen molar-refractivity contribution < 1.29 is 22.4 Å². The van der Waals surface area contributed by atoms with Gasteiger partial charge in [-0.25, -0.2) is 12.8 Å². The van der Waals surface area contributed by atoms with E-state index < -0.39 is 21.9 Å². The molecule has 1 unspecified atom stereocenters. The van der Waals surface area contributed by atoms with Crippen LogP contribution in [0.1, 0.15) is 49.3 Å². The zero-order valence-electron chi connectivity index (χ0n) is 24.1. The molecule has 0 bridgehead atoms. The third kappa shape index (κ3) is 9.70. The number of halogens is 1. The maximum atomic E-state index is 13.9. The van der Waals surface area contributed by atoms with Crippen LogP contribution in [0.25, 0.3) is 0 Å². The smallest absolute Gasteiger partial charge is 0.243 e. The highest BCUT2D eigenvalue weighted by Gasteiger charge is 2.30. The Morgan fingerprint density at radius 3 is 2.22 bits per heavy atom. The van der Waals surface area contributed by atoms with E-state index in [4.69, 9.17) is 0 Å². The first-order valence-corrected chi connectivity index (χ1v) is 15.8. The number of unbranched alkanes of at least 4 members (excludes halogenated alkanes) is 1. The molecule has 220 valence electrons. The van der Waals surface area contributed by atoms with Crippen LogP contribution in [-0.2, 0) is 32.6 Å². The quantitative estimate of drug-likeness (QED) is 0.249. The number of anilines is 1. The van der Waals surface area contributed by atoms with Crippen LogP contribution in [0.4, 0.5) is 10.1 Å². The second-order valence-corrected chi connectivity index (χ2v) is 12.1. The van der Waals surface area contributed by atoms with Crippen LogP contribution in [0.3, 0.4) is 0 Å². The Hall–Kier alpha value is -3.72. The number of rotatable bonds is 15. The second kappa shape index (κ2) is 15.3. The van der Waals surface area contributed by atoms with Gasteiger partial charge in [-0.3, -0.25) is 13.9 Å². The lowest BCUT2D eigenvalue weighted by atomic mass is 10.0. The number of carbonyl (C=O) groups excluding carboxylic acids is 2. The average Bonchev–Trinajstić information content (AvgIpc) is 2.94. The van der Waals surface area contributed by atoms with Gasteiger partial charge in [0.2, 0.25) is 21.8 Å². The minimum atomic E-state index is -3.66. The first-order valence-electron chi connectivity index (χ1n) is 14.0. The number of benzene rings is 3. The van der Waals surface area contributed by atoms with E-state index in [0.29, 0.717) is 18.7 Å². The van der Waals surface area contributed by atoms with Crippen LogP contribution in [-0.4, -0.2) is 50.5 Å². The minimum absolute atomic E-state index is 0.0344. The monoisotopic (exact) mass is 581 g/mol. The Morgan fingerprint density at radius 2 is 1.59 bits per heavy atom. The summed E-state index contributed by atoms with van der Waals surface area (Å²) in [6.45, 7) is 4.83. The van der Waals surface area contributed by atoms with E-state index in [9.17, 15) is 22.4 Å². The molecular weight excluding hydrogens is 541 g/mol. The first-order chi connectivity index (χ1) is 19.6. The summed E-state index contributed by atoms with van der Waals surface area (Å²) >= 11 is 0. The van der Waals surface area contributed by atoms with Crippen LogP contribution < -0.4 is 9.62 Å². The number of sulfonamides is 1. The zero-order chi connectivity index (χ0) is 29.8. The van der Waals surface area contributed by atoms with Crippen LogP contribution in [0.5, 0.6) is 0 Å². The van der Waals surface area contributed by atoms with Crippen molar-refractivity contribution in [3.63, 3.8) is 0 Å². The first kappa shape index (κ1) is 31.8. The van der Waals surface area contributed by atoms with E-state index in [1.54, 1.807) is 4.90 Å². The van der Waals surface area contributed by atoms with E-state index in [-0.39, 0.29) is 37.7 Å². The SMILES string of the molecule is CCCCNC(=O)C(Cc1ccccc1)N(Cc1ccccc1C)C(=O)CCCN(c1ccc(F)cc1)S(C)(=O)=O. The topological polar surface area (TPSA) is 86.8 Å². The molecule has 0 heterocycles. The Labute approximate surface area is 243 Å². The lowest BCUT2D eigenvalue weighted by Crippen LogP contribution is -2.50. The molecular formula is C32H40FN3O4S. The molecule has 0 saturated heterocycles. The highest BCUT2D eigenvalue weighted by Crippen LogP contribution is 2.21. The molecule has 0 aliphatic heterocycles. The van der Waals surface area contributed by atoms with Crippen molar-refractivity contribution in [1.82, 2.24) is 10.2 Å². The predicted octanol–water partition coefficient (Wildman–Crippen LogP) is 5.24. The fourth-order valence-electron chi connectivity index (χ4n) is 4.64. The minimum Gasteiger partial charge on any atom is -0.354 e. The molecule has 3 rings (SSSR count). The number of carbonyl (C=O) groups is 2. The molecule has 3 aromatic rings. The van der Waals surface area contributed by atoms with Crippen molar-refractivity contribution in [3.8, 4) is 0 Å². The van der Waals surface area contributed by atoms with Gasteiger partial charge in [-0.05, 0) is 60.7 Å². The van der Waals surface area contributed by atoms with Gasteiger partial charge < -0.3 is 10.2 Å². The van der Waals surface area contributed by atoms with Gasteiger partial charge in [-0.15, -0.1) is 0 Å². The molecule has 3 aromatic carbocycles. The van der Waals surface area contributed by atoms with E-state index in [1.807, 2.05) is 68.4 Å². The molecule has 0 saturated carbocycles. The number of amides is 2. The van der Waals surface area contributed by atoms with E-state index in [1.165, 1.54) is 28.6 Å². The van der Waals surface area contributed by atoms with Crippen molar-refractivity contribution in [2.45, 2.75) is 58.5 Å². The molecule has 0 aliphatic carbocycles. The van der Waals surface area contributed by atoms with Gasteiger partial charge in [0.05, 0.1) is 11.9 Å². The van der Waals surface area contributed by atoms with Gasteiger partial charge in [0.25, 0.3) is 0 Å². The summed E-state index contributed by atoms with van der Waals surface area (Å²) in [5, 5.41) is 3.01. The van der Waals surface area contributed by atoms with E-state index in [2.05, 4.69) is 5.32 Å². The van der Waals surface area contributed by atoms with Crippen molar-refractivity contribution in [2.24, 2.45) is 0 Å². The van der Waals surface area contributed by atoms with Crippen molar-refractivity contribution in [1.29, 1.82) is 0 Å². The van der Waals surface area contributed by atoms with Gasteiger partial charge in [0.1, 0.15) is 11.9 Å². The molecule has 2 amide bonds. The highest BCUT2D eigenvalue weighted by molar-refractivity contribution is 7.92. The molecule has 0 spiro atoms. The van der Waals surface area contributed by atoms with Crippen molar-refractivity contribution >= 4 is 27.5 Å². The summed E-state index contributed by atoms with van der Waals surface area (Å²) in [5.41, 5.74) is 3.21. The van der Waals surface area contributed by atoms with Gasteiger partial charge in [0, 0.05) is 32.5 Å². The number of nitrogens with zero attached hydrogens (tertiary/aromatic N) is 2. The van der Waals surface area contributed by atoms with Gasteiger partial charge in [-0.1, -0.05) is 67.9 Å². The summed E-state index contributed by atoms with van der Waals surface area (Å²) in [5.74, 6) is -0.924. The number of hydrogen-bond donors (Lipinski definition) is 1. The lowest BCUT2D eigenvalue weighted by Gasteiger charge is -2.32. The fraction of sp³-hybridized carbons (Fsp3) is 0.375. The van der Waals surface area contributed by atoms with Crippen LogP contribution in [0, 0.1) is 12.7 Å². The Morgan fingerprint density at radius 1 is 0.927 bits per heavy atom. The third-order valence-electron chi connectivity index (χ3n) is 6.97. The van der Waals surface area contributed by atoms with Crippen molar-refractivity contribution in [3.05, 3.63) is 101 Å². The summed E-state index contributed by atoms with van der Waals surface area (Å²) in [4.78, 5) is 29.0. The molecule has 1 N–H and O–H groups in total. The predicted molar refractivity (Wildman–Crippen MR) is 161 cm³/mol. The van der Waals surface area contributed by atoms with Crippen LogP contribution >= 0.6 is 0 Å². The maximum absolute atomic E-state index is 13.9. The summed E-state index contributed by atoms with van der Waals surface area (Å²) < 4.78 is 39.6. The molecule has 0 radical (unpaired) electrons. The average molecular weight is 582 g/mol. The molecule has 0 fully saturated rings. The number of hydrogen-bond acceptors (Lipinski definition) is 4. The highest BCUT2D eigenvalue weighted by atomic mass is 32.2. The van der Waals surface area contributed by atoms with Crippen LogP contribution in [0.2, 0.25) is 0 Å². The van der Waals surface area contributed by atoms with E-state index >= 15 is 0 Å². The summed E-state index contributed by atoms with van der Waals surface area (Å²) in [6.07, 6.45) is 3.46. The fourth-order valence-corrected chi connectivity index (χ4v) is 5.61. The summed E-state index contributed by atoms with van der Waals surface area (Å²) in [7, 11) is -3.66. The molecule has 1 atom stereocenters. The van der Waals surface area contributed by atoms with Gasteiger partial charge in [0.15, 0.2) is 0 Å². The molecule has 7 nitrogen and oxygen atoms in total. The standard InChI is InChI=1S/C32H40FN3O4S/c1-4-5-21-34-32(38)30(23-26-13-7-6-8-14-26)35(24-27-15-10-9-12-25(27)2)31(37)16-11-22-36(41(3,39)40)29-19-17-28(33)18-20-29/h6-10,12-15,17-20,30H,4-5,11,16,21-24H2,1-3H3,(H,34,38). The lowest BCUT2D eigenvalue weighted by molar-refractivity contribution is -0.141. The van der Waals surface area contributed by atoms with Crippen molar-refractivity contribution in [2.75, 3.05) is 23.7 Å². The maximum Gasteiger partial charge on any atom is 0.243 e. The van der Waals surface area contributed by atoms with Gasteiger partial charge in [-0.2, -0.15) is 0 Å². The Balaban J connectivity index is 1.87. The van der Waals surface area contributed by atoms with Crippen LogP contribution in [0.15, 0.2) is 78.9 Å². The third-order valence-corrected chi connectivity index (χ3v) is 8.16. The molecule has 0 aromatic heterocycles. The normalized spacial score (nSPS) is 12.0. The number of aryl methyl sites for hydroxylation is 1. The van der Waals surface area contributed by atoms with Gasteiger partial charge >= 0.3 is 0 Å².